The Bertz CT molecular complexity index is 975. The van der Waals surface area contributed by atoms with E-state index in [-0.39, 0.29) is 13.0 Å². The summed E-state index contributed by atoms with van der Waals surface area (Å²) in [5, 5.41) is 6.92. The number of aromatic nitrogens is 2. The van der Waals surface area contributed by atoms with Crippen molar-refractivity contribution in [2.75, 3.05) is 11.9 Å². The summed E-state index contributed by atoms with van der Waals surface area (Å²) in [6, 6.07) is 6.49. The topological polar surface area (TPSA) is 111 Å². The molecule has 9 heteroatoms. The molecule has 1 aliphatic rings. The van der Waals surface area contributed by atoms with Gasteiger partial charge < -0.3 is 10.1 Å². The van der Waals surface area contributed by atoms with E-state index in [4.69, 9.17) is 4.74 Å². The van der Waals surface area contributed by atoms with E-state index in [1.54, 1.807) is 42.9 Å². The molecule has 0 aliphatic carbocycles. The molecular formula is C20H22N4O5. The Balaban J connectivity index is 1.54. The van der Waals surface area contributed by atoms with Gasteiger partial charge in [-0.25, -0.2) is 0 Å². The molecule has 0 unspecified atom stereocenters. The van der Waals surface area contributed by atoms with Crippen LogP contribution >= 0.6 is 0 Å². The van der Waals surface area contributed by atoms with E-state index in [2.05, 4.69) is 10.4 Å². The minimum Gasteiger partial charge on any atom is -0.452 e. The van der Waals surface area contributed by atoms with E-state index >= 15 is 0 Å². The van der Waals surface area contributed by atoms with Gasteiger partial charge in [0.15, 0.2) is 6.10 Å². The summed E-state index contributed by atoms with van der Waals surface area (Å²) in [6.07, 6.45) is -1.24. The maximum atomic E-state index is 12.3. The second-order valence-electron chi connectivity index (χ2n) is 6.85. The van der Waals surface area contributed by atoms with Crippen molar-refractivity contribution < 1.29 is 23.9 Å². The van der Waals surface area contributed by atoms with Crippen molar-refractivity contribution >= 4 is 29.4 Å². The van der Waals surface area contributed by atoms with Crippen molar-refractivity contribution in [2.24, 2.45) is 7.05 Å². The van der Waals surface area contributed by atoms with Gasteiger partial charge in [-0.15, -0.1) is 0 Å². The van der Waals surface area contributed by atoms with Crippen molar-refractivity contribution in [3.05, 3.63) is 46.8 Å². The summed E-state index contributed by atoms with van der Waals surface area (Å²) < 4.78 is 6.79. The second kappa shape index (κ2) is 7.86. The van der Waals surface area contributed by atoms with Crippen LogP contribution in [0.1, 0.15) is 45.4 Å². The summed E-state index contributed by atoms with van der Waals surface area (Å²) >= 11 is 0. The molecule has 1 N–H and O–H groups in total. The molecule has 2 aromatic rings. The molecule has 0 radical (unpaired) electrons. The number of carbonyl (C=O) groups is 4. The van der Waals surface area contributed by atoms with Crippen molar-refractivity contribution in [2.45, 2.75) is 33.3 Å². The maximum Gasteiger partial charge on any atom is 0.308 e. The first-order valence-electron chi connectivity index (χ1n) is 9.16. The SMILES string of the molecule is Cc1nn(C)c(C)c1NC(=O)[C@H](C)OC(=O)CCN1C(=O)c2ccccc2C1=O. The number of hydrogen-bond donors (Lipinski definition) is 1. The van der Waals surface area contributed by atoms with Crippen LogP contribution in [0.5, 0.6) is 0 Å². The molecule has 0 saturated heterocycles. The molecule has 1 atom stereocenters. The Labute approximate surface area is 167 Å². The van der Waals surface area contributed by atoms with Crippen molar-refractivity contribution in [3.8, 4) is 0 Å². The minimum absolute atomic E-state index is 0.111. The number of anilines is 1. The Morgan fingerprint density at radius 1 is 1.14 bits per heavy atom. The van der Waals surface area contributed by atoms with Gasteiger partial charge in [-0.05, 0) is 32.9 Å². The number of aryl methyl sites for hydroxylation is 2. The molecule has 0 spiro atoms. The molecule has 0 fully saturated rings. The number of nitrogens with zero attached hydrogens (tertiary/aromatic N) is 3. The van der Waals surface area contributed by atoms with E-state index in [0.29, 0.717) is 22.5 Å². The number of benzene rings is 1. The molecule has 3 rings (SSSR count). The Morgan fingerprint density at radius 2 is 1.72 bits per heavy atom. The first-order valence-corrected chi connectivity index (χ1v) is 9.16. The predicted octanol–water partition coefficient (Wildman–Crippen LogP) is 1.59. The maximum absolute atomic E-state index is 12.3. The lowest BCUT2D eigenvalue weighted by Gasteiger charge is -2.16. The molecule has 9 nitrogen and oxygen atoms in total. The summed E-state index contributed by atoms with van der Waals surface area (Å²) in [5.74, 6) is -2.04. The number of nitrogens with one attached hydrogen (secondary N) is 1. The van der Waals surface area contributed by atoms with Crippen LogP contribution in [0.2, 0.25) is 0 Å². The number of ether oxygens (including phenoxy) is 1. The minimum atomic E-state index is -1.04. The van der Waals surface area contributed by atoms with E-state index in [1.807, 2.05) is 6.92 Å². The number of fused-ring (bicyclic) bond motifs is 1. The molecule has 1 aromatic heterocycles. The van der Waals surface area contributed by atoms with Crippen LogP contribution in [0, 0.1) is 13.8 Å². The average Bonchev–Trinajstić information content (AvgIpc) is 3.07. The predicted molar refractivity (Wildman–Crippen MR) is 103 cm³/mol. The van der Waals surface area contributed by atoms with Crippen molar-refractivity contribution in [3.63, 3.8) is 0 Å². The molecule has 1 aromatic carbocycles. The van der Waals surface area contributed by atoms with Crippen LogP contribution < -0.4 is 5.32 Å². The smallest absolute Gasteiger partial charge is 0.308 e. The zero-order valence-electron chi connectivity index (χ0n) is 16.7. The van der Waals surface area contributed by atoms with Crippen molar-refractivity contribution in [1.29, 1.82) is 0 Å². The molecule has 2 heterocycles. The van der Waals surface area contributed by atoms with Gasteiger partial charge in [-0.1, -0.05) is 12.1 Å². The van der Waals surface area contributed by atoms with Gasteiger partial charge in [-0.2, -0.15) is 5.10 Å². The Morgan fingerprint density at radius 3 is 2.24 bits per heavy atom. The first-order chi connectivity index (χ1) is 13.7. The van der Waals surface area contributed by atoms with Gasteiger partial charge in [0.2, 0.25) is 0 Å². The highest BCUT2D eigenvalue weighted by Crippen LogP contribution is 2.22. The number of imide groups is 1. The normalized spacial score (nSPS) is 14.0. The molecule has 152 valence electrons. The van der Waals surface area contributed by atoms with Crippen LogP contribution in [0.3, 0.4) is 0 Å². The molecule has 0 bridgehead atoms. The van der Waals surface area contributed by atoms with Gasteiger partial charge >= 0.3 is 5.97 Å². The third-order valence-corrected chi connectivity index (χ3v) is 4.85. The molecule has 29 heavy (non-hydrogen) atoms. The Kier molecular flexibility index (Phi) is 5.49. The number of carbonyl (C=O) groups excluding carboxylic acids is 4. The monoisotopic (exact) mass is 398 g/mol. The summed E-state index contributed by atoms with van der Waals surface area (Å²) in [6.45, 7) is 4.92. The van der Waals surface area contributed by atoms with Crippen molar-refractivity contribution in [1.82, 2.24) is 14.7 Å². The number of hydrogen-bond acceptors (Lipinski definition) is 6. The van der Waals surface area contributed by atoms with Crippen LogP contribution in [0.25, 0.3) is 0 Å². The van der Waals surface area contributed by atoms with Gasteiger partial charge in [0.1, 0.15) is 0 Å². The van der Waals surface area contributed by atoms with E-state index in [1.165, 1.54) is 6.92 Å². The Hall–Kier alpha value is -3.49. The third kappa shape index (κ3) is 3.89. The van der Waals surface area contributed by atoms with Crippen LogP contribution in [-0.2, 0) is 21.4 Å². The number of rotatable bonds is 6. The van der Waals surface area contributed by atoms with E-state index < -0.39 is 29.8 Å². The summed E-state index contributed by atoms with van der Waals surface area (Å²) in [4.78, 5) is 50.1. The lowest BCUT2D eigenvalue weighted by atomic mass is 10.1. The highest BCUT2D eigenvalue weighted by atomic mass is 16.5. The average molecular weight is 398 g/mol. The van der Waals surface area contributed by atoms with Crippen LogP contribution in [0.15, 0.2) is 24.3 Å². The second-order valence-corrected chi connectivity index (χ2v) is 6.85. The fourth-order valence-electron chi connectivity index (χ4n) is 3.13. The highest BCUT2D eigenvalue weighted by molar-refractivity contribution is 6.21. The van der Waals surface area contributed by atoms with Gasteiger partial charge in [0, 0.05) is 13.6 Å². The fourth-order valence-corrected chi connectivity index (χ4v) is 3.13. The summed E-state index contributed by atoms with van der Waals surface area (Å²) in [7, 11) is 1.76. The van der Waals surface area contributed by atoms with Gasteiger partial charge in [-0.3, -0.25) is 28.8 Å². The standard InChI is InChI=1S/C20H22N4O5/c1-11-17(12(2)23(4)22-11)21-18(26)13(3)29-16(25)9-10-24-19(27)14-7-5-6-8-15(14)20(24)28/h5-8,13H,9-10H2,1-4H3,(H,21,26)/t13-/m0/s1. The van der Waals surface area contributed by atoms with Gasteiger partial charge in [0.25, 0.3) is 17.7 Å². The summed E-state index contributed by atoms with van der Waals surface area (Å²) in [5.41, 5.74) is 2.65. The third-order valence-electron chi connectivity index (χ3n) is 4.85. The number of amides is 3. The van der Waals surface area contributed by atoms with E-state index in [9.17, 15) is 19.2 Å². The molecule has 0 saturated carbocycles. The fraction of sp³-hybridized carbons (Fsp3) is 0.350. The molecule has 3 amide bonds. The molecular weight excluding hydrogens is 376 g/mol. The lowest BCUT2D eigenvalue weighted by molar-refractivity contribution is -0.153. The lowest BCUT2D eigenvalue weighted by Crippen LogP contribution is -2.34. The zero-order chi connectivity index (χ0) is 21.3. The van der Waals surface area contributed by atoms with Crippen LogP contribution in [-0.4, -0.2) is 51.0 Å². The van der Waals surface area contributed by atoms with Gasteiger partial charge in [0.05, 0.1) is 34.6 Å². The highest BCUT2D eigenvalue weighted by Gasteiger charge is 2.35. The molecule has 1 aliphatic heterocycles. The first kappa shape index (κ1) is 20.2. The zero-order valence-corrected chi connectivity index (χ0v) is 16.7. The number of esters is 1. The quantitative estimate of drug-likeness (QED) is 0.584. The van der Waals surface area contributed by atoms with Crippen LogP contribution in [0.4, 0.5) is 5.69 Å². The largest absolute Gasteiger partial charge is 0.452 e. The van der Waals surface area contributed by atoms with E-state index in [0.717, 1.165) is 10.6 Å².